The van der Waals surface area contributed by atoms with Crippen LogP contribution in [0.15, 0.2) is 24.3 Å². The van der Waals surface area contributed by atoms with Gasteiger partial charge in [-0.05, 0) is 24.8 Å². The second-order valence-corrected chi connectivity index (χ2v) is 3.98. The van der Waals surface area contributed by atoms with Gasteiger partial charge in [0.15, 0.2) is 0 Å². The first-order chi connectivity index (χ1) is 7.24. The molecular weight excluding hydrogens is 188 g/mol. The van der Waals surface area contributed by atoms with Crippen molar-refractivity contribution >= 4 is 11.6 Å². The molecule has 1 aromatic carbocycles. The molecule has 0 heterocycles. The molecule has 0 saturated heterocycles. The van der Waals surface area contributed by atoms with Crippen LogP contribution in [0.1, 0.15) is 35.7 Å². The first-order valence-corrected chi connectivity index (χ1v) is 5.40. The maximum atomic E-state index is 11.9. The van der Waals surface area contributed by atoms with Gasteiger partial charge >= 0.3 is 0 Å². The number of hydrogen-bond acceptors (Lipinski definition) is 2. The summed E-state index contributed by atoms with van der Waals surface area (Å²) in [7, 11) is 0. The summed E-state index contributed by atoms with van der Waals surface area (Å²) in [5, 5.41) is 0. The Morgan fingerprint density at radius 3 is 2.53 bits per heavy atom. The topological polar surface area (TPSA) is 34.1 Å². The molecule has 0 aliphatic heterocycles. The summed E-state index contributed by atoms with van der Waals surface area (Å²) in [5.41, 5.74) is 1.56. The van der Waals surface area contributed by atoms with Crippen molar-refractivity contribution in [2.24, 2.45) is 5.92 Å². The Kier molecular flexibility index (Phi) is 2.67. The van der Waals surface area contributed by atoms with Gasteiger partial charge in [0.05, 0.1) is 0 Å². The molecule has 1 aliphatic rings. The van der Waals surface area contributed by atoms with Crippen LogP contribution in [0.5, 0.6) is 0 Å². The number of carbonyl (C=O) groups excluding carboxylic acids is 2. The number of carbonyl (C=O) groups is 2. The molecule has 0 amide bonds. The van der Waals surface area contributed by atoms with E-state index in [1.165, 1.54) is 0 Å². The summed E-state index contributed by atoms with van der Waals surface area (Å²) < 4.78 is 0. The standard InChI is InChI=1S/C13H14O2/c1-2-9-5-3-4-6-11(9)13(15)12(14)10-7-8-10/h3-6,10H,2,7-8H2,1H3. The fraction of sp³-hybridized carbons (Fsp3) is 0.385. The molecule has 0 bridgehead atoms. The van der Waals surface area contributed by atoms with E-state index in [0.717, 1.165) is 24.8 Å². The van der Waals surface area contributed by atoms with Crippen LogP contribution in [0.4, 0.5) is 0 Å². The molecule has 0 spiro atoms. The predicted octanol–water partition coefficient (Wildman–Crippen LogP) is 2.41. The zero-order chi connectivity index (χ0) is 10.8. The van der Waals surface area contributed by atoms with Gasteiger partial charge in [0.2, 0.25) is 11.6 Å². The van der Waals surface area contributed by atoms with Gasteiger partial charge in [-0.25, -0.2) is 0 Å². The van der Waals surface area contributed by atoms with Crippen molar-refractivity contribution in [3.8, 4) is 0 Å². The molecule has 2 heteroatoms. The number of hydrogen-bond donors (Lipinski definition) is 0. The van der Waals surface area contributed by atoms with Crippen molar-refractivity contribution in [1.82, 2.24) is 0 Å². The zero-order valence-electron chi connectivity index (χ0n) is 8.82. The van der Waals surface area contributed by atoms with E-state index in [1.54, 1.807) is 6.07 Å². The van der Waals surface area contributed by atoms with Gasteiger partial charge in [-0.2, -0.15) is 0 Å². The monoisotopic (exact) mass is 202 g/mol. The van der Waals surface area contributed by atoms with Crippen molar-refractivity contribution in [1.29, 1.82) is 0 Å². The summed E-state index contributed by atoms with van der Waals surface area (Å²) >= 11 is 0. The first-order valence-electron chi connectivity index (χ1n) is 5.40. The maximum absolute atomic E-state index is 11.9. The van der Waals surface area contributed by atoms with Crippen molar-refractivity contribution in [2.75, 3.05) is 0 Å². The fourth-order valence-electron chi connectivity index (χ4n) is 1.71. The smallest absolute Gasteiger partial charge is 0.229 e. The molecule has 1 fully saturated rings. The van der Waals surface area contributed by atoms with Crippen LogP contribution in [-0.2, 0) is 11.2 Å². The molecule has 2 rings (SSSR count). The third-order valence-corrected chi connectivity index (χ3v) is 2.81. The van der Waals surface area contributed by atoms with E-state index >= 15 is 0 Å². The van der Waals surface area contributed by atoms with Crippen molar-refractivity contribution in [3.05, 3.63) is 35.4 Å². The van der Waals surface area contributed by atoms with E-state index in [4.69, 9.17) is 0 Å². The number of rotatable bonds is 4. The highest BCUT2D eigenvalue weighted by Crippen LogP contribution is 2.31. The van der Waals surface area contributed by atoms with Crippen LogP contribution < -0.4 is 0 Å². The van der Waals surface area contributed by atoms with Gasteiger partial charge < -0.3 is 0 Å². The summed E-state index contributed by atoms with van der Waals surface area (Å²) in [4.78, 5) is 23.5. The lowest BCUT2D eigenvalue weighted by Gasteiger charge is -2.04. The van der Waals surface area contributed by atoms with E-state index in [-0.39, 0.29) is 17.5 Å². The highest BCUT2D eigenvalue weighted by atomic mass is 16.2. The third-order valence-electron chi connectivity index (χ3n) is 2.81. The molecule has 0 N–H and O–H groups in total. The van der Waals surface area contributed by atoms with Gasteiger partial charge in [-0.15, -0.1) is 0 Å². The van der Waals surface area contributed by atoms with Crippen LogP contribution in [0.25, 0.3) is 0 Å². The quantitative estimate of drug-likeness (QED) is 0.555. The van der Waals surface area contributed by atoms with Gasteiger partial charge in [0.1, 0.15) is 0 Å². The Morgan fingerprint density at radius 2 is 1.93 bits per heavy atom. The minimum Gasteiger partial charge on any atom is -0.290 e. The molecule has 15 heavy (non-hydrogen) atoms. The maximum Gasteiger partial charge on any atom is 0.229 e. The predicted molar refractivity (Wildman–Crippen MR) is 57.9 cm³/mol. The minimum absolute atomic E-state index is 0.0161. The average molecular weight is 202 g/mol. The van der Waals surface area contributed by atoms with E-state index in [1.807, 2.05) is 25.1 Å². The van der Waals surface area contributed by atoms with Gasteiger partial charge in [0, 0.05) is 11.5 Å². The summed E-state index contributed by atoms with van der Waals surface area (Å²) in [6.45, 7) is 1.99. The van der Waals surface area contributed by atoms with Gasteiger partial charge in [-0.1, -0.05) is 31.2 Å². The van der Waals surface area contributed by atoms with Crippen LogP contribution in [0.2, 0.25) is 0 Å². The van der Waals surface area contributed by atoms with Crippen molar-refractivity contribution in [3.63, 3.8) is 0 Å². The number of Topliss-reactive ketones (excluding diaryl/α,β-unsaturated/α-hetero) is 2. The summed E-state index contributed by atoms with van der Waals surface area (Å²) in [6.07, 6.45) is 2.57. The lowest BCUT2D eigenvalue weighted by atomic mass is 9.98. The second-order valence-electron chi connectivity index (χ2n) is 3.98. The molecule has 1 aliphatic carbocycles. The molecule has 2 nitrogen and oxygen atoms in total. The molecule has 0 atom stereocenters. The highest BCUT2D eigenvalue weighted by Gasteiger charge is 2.34. The fourth-order valence-corrected chi connectivity index (χ4v) is 1.71. The van der Waals surface area contributed by atoms with Crippen LogP contribution in [-0.4, -0.2) is 11.6 Å². The number of ketones is 2. The third kappa shape index (κ3) is 1.99. The van der Waals surface area contributed by atoms with Crippen LogP contribution >= 0.6 is 0 Å². The molecule has 0 radical (unpaired) electrons. The lowest BCUT2D eigenvalue weighted by molar-refractivity contribution is -0.116. The average Bonchev–Trinajstić information content (AvgIpc) is 3.11. The van der Waals surface area contributed by atoms with E-state index in [2.05, 4.69) is 0 Å². The lowest BCUT2D eigenvalue weighted by Crippen LogP contribution is -2.17. The normalized spacial score (nSPS) is 15.0. The van der Waals surface area contributed by atoms with Crippen LogP contribution in [0, 0.1) is 5.92 Å². The second kappa shape index (κ2) is 3.97. The first kappa shape index (κ1) is 10.1. The van der Waals surface area contributed by atoms with E-state index < -0.39 is 0 Å². The Hall–Kier alpha value is -1.44. The van der Waals surface area contributed by atoms with Gasteiger partial charge in [-0.3, -0.25) is 9.59 Å². The number of benzene rings is 1. The van der Waals surface area contributed by atoms with Crippen molar-refractivity contribution in [2.45, 2.75) is 26.2 Å². The molecule has 1 saturated carbocycles. The van der Waals surface area contributed by atoms with Crippen molar-refractivity contribution < 1.29 is 9.59 Å². The zero-order valence-corrected chi connectivity index (χ0v) is 8.82. The summed E-state index contributed by atoms with van der Waals surface area (Å²) in [5.74, 6) is -0.478. The molecule has 78 valence electrons. The highest BCUT2D eigenvalue weighted by molar-refractivity contribution is 6.45. The Morgan fingerprint density at radius 1 is 1.27 bits per heavy atom. The van der Waals surface area contributed by atoms with E-state index in [0.29, 0.717) is 5.56 Å². The van der Waals surface area contributed by atoms with Crippen LogP contribution in [0.3, 0.4) is 0 Å². The molecule has 1 aromatic rings. The summed E-state index contributed by atoms with van der Waals surface area (Å²) in [6, 6.07) is 7.37. The van der Waals surface area contributed by atoms with Gasteiger partial charge in [0.25, 0.3) is 0 Å². The Labute approximate surface area is 89.3 Å². The SMILES string of the molecule is CCc1ccccc1C(=O)C(=O)C1CC1. The molecule has 0 unspecified atom stereocenters. The Balaban J connectivity index is 2.27. The molecule has 0 aromatic heterocycles. The minimum atomic E-state index is -0.296. The largest absolute Gasteiger partial charge is 0.290 e. The van der Waals surface area contributed by atoms with E-state index in [9.17, 15) is 9.59 Å². The molecular formula is C13H14O2. The Bertz CT molecular complexity index is 403. The number of aryl methyl sites for hydroxylation is 1.